The van der Waals surface area contributed by atoms with Crippen LogP contribution in [-0.4, -0.2) is 39.6 Å². The fraction of sp³-hybridized carbons (Fsp3) is 0.263. The second-order valence-electron chi connectivity index (χ2n) is 6.74. The van der Waals surface area contributed by atoms with E-state index in [-0.39, 0.29) is 23.9 Å². The Kier molecular flexibility index (Phi) is 5.01. The molecule has 0 radical (unpaired) electrons. The Morgan fingerprint density at radius 3 is 2.97 bits per heavy atom. The molecular weight excluding hydrogens is 397 g/mol. The molecule has 4 rings (SSSR count). The Morgan fingerprint density at radius 1 is 1.38 bits per heavy atom. The quantitative estimate of drug-likeness (QED) is 0.606. The van der Waals surface area contributed by atoms with Crippen molar-refractivity contribution < 1.29 is 18.7 Å². The Labute approximate surface area is 169 Å². The lowest BCUT2D eigenvalue weighted by molar-refractivity contribution is -0.118. The highest BCUT2D eigenvalue weighted by Crippen LogP contribution is 2.31. The van der Waals surface area contributed by atoms with Gasteiger partial charge in [0.05, 0.1) is 0 Å². The number of carbonyl (C=O) groups is 2. The fourth-order valence-corrected chi connectivity index (χ4v) is 3.85. The summed E-state index contributed by atoms with van der Waals surface area (Å²) in [6.45, 7) is 3.59. The number of hydrogen-bond acceptors (Lipinski definition) is 6. The number of hydrogen-bond donors (Lipinski definition) is 3. The molecule has 3 aromatic rings. The molecule has 0 saturated carbocycles. The zero-order chi connectivity index (χ0) is 20.5. The van der Waals surface area contributed by atoms with Crippen molar-refractivity contribution in [3.63, 3.8) is 0 Å². The van der Waals surface area contributed by atoms with Gasteiger partial charge in [-0.15, -0.1) is 16.4 Å². The maximum absolute atomic E-state index is 14.1. The van der Waals surface area contributed by atoms with E-state index in [4.69, 9.17) is 4.74 Å². The highest BCUT2D eigenvalue weighted by molar-refractivity contribution is 7.11. The van der Waals surface area contributed by atoms with Crippen LogP contribution in [0.25, 0.3) is 0 Å². The Hall–Kier alpha value is -3.27. The number of benzene rings is 1. The summed E-state index contributed by atoms with van der Waals surface area (Å²) in [5.41, 5.74) is 0.621. The van der Waals surface area contributed by atoms with Crippen molar-refractivity contribution >= 4 is 28.8 Å². The van der Waals surface area contributed by atoms with Crippen LogP contribution in [0.3, 0.4) is 0 Å². The summed E-state index contributed by atoms with van der Waals surface area (Å²) in [6, 6.07) is 5.91. The van der Waals surface area contributed by atoms with Gasteiger partial charge in [-0.1, -0.05) is 0 Å². The van der Waals surface area contributed by atoms with Crippen LogP contribution in [0, 0.1) is 19.7 Å². The Balaban J connectivity index is 1.43. The maximum atomic E-state index is 14.1. The second kappa shape index (κ2) is 7.63. The van der Waals surface area contributed by atoms with Crippen LogP contribution in [0.2, 0.25) is 0 Å². The van der Waals surface area contributed by atoms with E-state index in [1.54, 1.807) is 24.3 Å². The van der Waals surface area contributed by atoms with E-state index in [0.717, 1.165) is 4.88 Å². The van der Waals surface area contributed by atoms with E-state index in [1.165, 1.54) is 10.9 Å². The molecule has 29 heavy (non-hydrogen) atoms. The lowest BCUT2D eigenvalue weighted by Gasteiger charge is -2.13. The molecule has 1 aliphatic rings. The number of halogens is 1. The number of aryl methyl sites for hydroxylation is 2. The van der Waals surface area contributed by atoms with Gasteiger partial charge in [0.15, 0.2) is 5.82 Å². The van der Waals surface area contributed by atoms with Gasteiger partial charge < -0.3 is 15.4 Å². The minimum absolute atomic E-state index is 0.0382. The number of thiophene rings is 1. The molecule has 150 valence electrons. The zero-order valence-electron chi connectivity index (χ0n) is 15.7. The van der Waals surface area contributed by atoms with Crippen LogP contribution in [0.1, 0.15) is 31.8 Å². The van der Waals surface area contributed by atoms with Crippen molar-refractivity contribution in [2.75, 3.05) is 11.9 Å². The van der Waals surface area contributed by atoms with Crippen LogP contribution in [0.5, 0.6) is 5.75 Å². The van der Waals surface area contributed by atoms with Gasteiger partial charge in [-0.3, -0.25) is 14.7 Å². The van der Waals surface area contributed by atoms with Gasteiger partial charge in [-0.05, 0) is 43.7 Å². The van der Waals surface area contributed by atoms with E-state index in [9.17, 15) is 14.0 Å². The SMILES string of the molecule is Cc1cc(F)c2c(c1)OC[C@@H](NC(=O)c1n[nH]c(Cc3ccc(C)s3)n1)C(=O)N2. The molecule has 0 bridgehead atoms. The van der Waals surface area contributed by atoms with E-state index < -0.39 is 23.7 Å². The lowest BCUT2D eigenvalue weighted by atomic mass is 10.2. The molecule has 10 heteroatoms. The molecule has 0 saturated heterocycles. The summed E-state index contributed by atoms with van der Waals surface area (Å²) in [5.74, 6) is -1.11. The Bertz CT molecular complexity index is 1090. The summed E-state index contributed by atoms with van der Waals surface area (Å²) in [5, 5.41) is 11.7. The number of anilines is 1. The summed E-state index contributed by atoms with van der Waals surface area (Å²) < 4.78 is 19.6. The number of ether oxygens (including phenoxy) is 1. The van der Waals surface area contributed by atoms with E-state index in [2.05, 4.69) is 25.8 Å². The van der Waals surface area contributed by atoms with Crippen LogP contribution in [-0.2, 0) is 11.2 Å². The van der Waals surface area contributed by atoms with Gasteiger partial charge in [-0.25, -0.2) is 9.37 Å². The minimum Gasteiger partial charge on any atom is -0.489 e. The third-order valence-corrected chi connectivity index (χ3v) is 5.35. The fourth-order valence-electron chi connectivity index (χ4n) is 2.96. The van der Waals surface area contributed by atoms with Gasteiger partial charge >= 0.3 is 0 Å². The Morgan fingerprint density at radius 2 is 2.21 bits per heavy atom. The summed E-state index contributed by atoms with van der Waals surface area (Å²) in [7, 11) is 0. The second-order valence-corrected chi connectivity index (χ2v) is 8.11. The van der Waals surface area contributed by atoms with Crippen LogP contribution >= 0.6 is 11.3 Å². The normalized spacial score (nSPS) is 15.8. The molecule has 0 unspecified atom stereocenters. The number of aromatic amines is 1. The molecule has 1 atom stereocenters. The first-order chi connectivity index (χ1) is 13.9. The van der Waals surface area contributed by atoms with Gasteiger partial charge in [0.2, 0.25) is 5.82 Å². The highest BCUT2D eigenvalue weighted by atomic mass is 32.1. The maximum Gasteiger partial charge on any atom is 0.291 e. The monoisotopic (exact) mass is 415 g/mol. The molecular formula is C19H18FN5O3S. The molecule has 1 aliphatic heterocycles. The third kappa shape index (κ3) is 4.11. The molecule has 2 aromatic heterocycles. The first-order valence-electron chi connectivity index (χ1n) is 8.90. The summed E-state index contributed by atoms with van der Waals surface area (Å²) in [4.78, 5) is 31.4. The first kappa shape index (κ1) is 19.1. The van der Waals surface area contributed by atoms with Crippen molar-refractivity contribution in [2.24, 2.45) is 0 Å². The number of nitrogens with one attached hydrogen (secondary N) is 3. The van der Waals surface area contributed by atoms with Gasteiger partial charge in [0.1, 0.15) is 29.9 Å². The minimum atomic E-state index is -1.02. The number of aromatic nitrogens is 3. The predicted octanol–water partition coefficient (Wildman–Crippen LogP) is 2.34. The third-order valence-electron chi connectivity index (χ3n) is 4.35. The standard InChI is InChI=1S/C19H18FN5O3S/c1-9-5-12(20)16-14(6-9)28-8-13(18(26)23-16)21-19(27)17-22-15(24-25-17)7-11-4-3-10(2)29-11/h3-6,13H,7-8H2,1-2H3,(H,21,27)(H,23,26)(H,22,24,25)/t13-/m1/s1. The molecule has 0 spiro atoms. The number of amides is 2. The molecule has 1 aromatic carbocycles. The number of carbonyl (C=O) groups excluding carboxylic acids is 2. The van der Waals surface area contributed by atoms with Crippen molar-refractivity contribution in [1.82, 2.24) is 20.5 Å². The van der Waals surface area contributed by atoms with Crippen molar-refractivity contribution in [3.8, 4) is 5.75 Å². The topological polar surface area (TPSA) is 109 Å². The zero-order valence-corrected chi connectivity index (χ0v) is 16.5. The summed E-state index contributed by atoms with van der Waals surface area (Å²) in [6.07, 6.45) is 0.528. The van der Waals surface area contributed by atoms with Crippen molar-refractivity contribution in [1.29, 1.82) is 0 Å². The largest absolute Gasteiger partial charge is 0.489 e. The number of H-pyrrole nitrogens is 1. The van der Waals surface area contributed by atoms with Crippen molar-refractivity contribution in [2.45, 2.75) is 26.3 Å². The van der Waals surface area contributed by atoms with Crippen LogP contribution in [0.4, 0.5) is 10.1 Å². The summed E-state index contributed by atoms with van der Waals surface area (Å²) >= 11 is 1.64. The van der Waals surface area contributed by atoms with E-state index in [1.807, 2.05) is 19.1 Å². The number of nitrogens with zero attached hydrogens (tertiary/aromatic N) is 2. The van der Waals surface area contributed by atoms with E-state index in [0.29, 0.717) is 17.8 Å². The number of fused-ring (bicyclic) bond motifs is 1. The molecule has 0 fully saturated rings. The molecule has 2 amide bonds. The van der Waals surface area contributed by atoms with Gasteiger partial charge in [0, 0.05) is 16.2 Å². The lowest BCUT2D eigenvalue weighted by Crippen LogP contribution is -2.46. The van der Waals surface area contributed by atoms with Gasteiger partial charge in [-0.2, -0.15) is 0 Å². The smallest absolute Gasteiger partial charge is 0.291 e. The highest BCUT2D eigenvalue weighted by Gasteiger charge is 2.29. The molecule has 3 heterocycles. The van der Waals surface area contributed by atoms with Crippen LogP contribution < -0.4 is 15.4 Å². The van der Waals surface area contributed by atoms with Gasteiger partial charge in [0.25, 0.3) is 11.8 Å². The van der Waals surface area contributed by atoms with Crippen LogP contribution in [0.15, 0.2) is 24.3 Å². The van der Waals surface area contributed by atoms with Crippen molar-refractivity contribution in [3.05, 3.63) is 57.0 Å². The average Bonchev–Trinajstić information content (AvgIpc) is 3.26. The molecule has 0 aliphatic carbocycles. The first-order valence-corrected chi connectivity index (χ1v) is 9.72. The van der Waals surface area contributed by atoms with E-state index >= 15 is 0 Å². The predicted molar refractivity (Wildman–Crippen MR) is 105 cm³/mol. The average molecular weight is 415 g/mol. The molecule has 8 nitrogen and oxygen atoms in total. The molecule has 3 N–H and O–H groups in total. The number of rotatable bonds is 4.